The second kappa shape index (κ2) is 10.8. The van der Waals surface area contributed by atoms with Crippen LogP contribution in [0, 0.1) is 11.6 Å². The zero-order valence-electron chi connectivity index (χ0n) is 15.0. The zero-order chi connectivity index (χ0) is 17.5. The molecule has 138 valence electrons. The van der Waals surface area contributed by atoms with Gasteiger partial charge in [0.05, 0.1) is 12.6 Å². The van der Waals surface area contributed by atoms with Gasteiger partial charge in [-0.2, -0.15) is 0 Å². The fourth-order valence-corrected chi connectivity index (χ4v) is 1.99. The van der Waals surface area contributed by atoms with Crippen molar-refractivity contribution in [2.24, 2.45) is 4.99 Å². The largest absolute Gasteiger partial charge is 0.357 e. The second-order valence-electron chi connectivity index (χ2n) is 6.48. The Hall–Kier alpha value is -0.960. The summed E-state index contributed by atoms with van der Waals surface area (Å²) < 4.78 is 26.3. The smallest absolute Gasteiger partial charge is 0.191 e. The predicted molar refractivity (Wildman–Crippen MR) is 107 cm³/mol. The van der Waals surface area contributed by atoms with Gasteiger partial charge in [-0.05, 0) is 52.3 Å². The molecule has 0 amide bonds. The Morgan fingerprint density at radius 1 is 1.21 bits per heavy atom. The van der Waals surface area contributed by atoms with Crippen molar-refractivity contribution >= 4 is 29.9 Å². The standard InChI is InChI=1S/C17H28F2N4.HI/c1-6-20-16(21-9-10-22-17(3,4)5)23-12(2)13-7-8-14(18)15(19)11-13;/h7-8,11-12,22H,6,9-10H2,1-5H3,(H2,20,21,23);1H. The molecule has 0 saturated carbocycles. The van der Waals surface area contributed by atoms with Gasteiger partial charge in [0.2, 0.25) is 0 Å². The topological polar surface area (TPSA) is 48.5 Å². The highest BCUT2D eigenvalue weighted by Gasteiger charge is 2.11. The number of aliphatic imine (C=N–C) groups is 1. The Morgan fingerprint density at radius 3 is 2.42 bits per heavy atom. The van der Waals surface area contributed by atoms with Gasteiger partial charge in [-0.1, -0.05) is 6.07 Å². The van der Waals surface area contributed by atoms with E-state index in [1.807, 2.05) is 13.8 Å². The fourth-order valence-electron chi connectivity index (χ4n) is 1.99. The second-order valence-corrected chi connectivity index (χ2v) is 6.48. The van der Waals surface area contributed by atoms with Crippen molar-refractivity contribution in [2.75, 3.05) is 19.6 Å². The fraction of sp³-hybridized carbons (Fsp3) is 0.588. The highest BCUT2D eigenvalue weighted by Crippen LogP contribution is 2.15. The van der Waals surface area contributed by atoms with Gasteiger partial charge < -0.3 is 16.0 Å². The quantitative estimate of drug-likeness (QED) is 0.267. The first-order chi connectivity index (χ1) is 10.7. The number of nitrogens with zero attached hydrogens (tertiary/aromatic N) is 1. The lowest BCUT2D eigenvalue weighted by Gasteiger charge is -2.21. The average Bonchev–Trinajstić information content (AvgIpc) is 2.45. The molecule has 4 nitrogen and oxygen atoms in total. The molecule has 0 aliphatic heterocycles. The number of guanidine groups is 1. The number of rotatable bonds is 6. The molecule has 0 saturated heterocycles. The zero-order valence-corrected chi connectivity index (χ0v) is 17.4. The van der Waals surface area contributed by atoms with E-state index >= 15 is 0 Å². The van der Waals surface area contributed by atoms with Crippen LogP contribution in [0.2, 0.25) is 0 Å². The third kappa shape index (κ3) is 8.77. The Labute approximate surface area is 160 Å². The molecular weight excluding hydrogens is 425 g/mol. The van der Waals surface area contributed by atoms with Crippen molar-refractivity contribution in [1.82, 2.24) is 16.0 Å². The molecule has 0 aliphatic carbocycles. The monoisotopic (exact) mass is 454 g/mol. The van der Waals surface area contributed by atoms with Gasteiger partial charge in [-0.25, -0.2) is 8.78 Å². The number of hydrogen-bond acceptors (Lipinski definition) is 2. The number of nitrogens with one attached hydrogen (secondary N) is 3. The molecule has 0 spiro atoms. The van der Waals surface area contributed by atoms with Gasteiger partial charge >= 0.3 is 0 Å². The molecule has 1 aromatic carbocycles. The molecule has 24 heavy (non-hydrogen) atoms. The number of benzene rings is 1. The molecule has 0 bridgehead atoms. The van der Waals surface area contributed by atoms with Crippen molar-refractivity contribution in [1.29, 1.82) is 0 Å². The van der Waals surface area contributed by atoms with Crippen LogP contribution in [0.15, 0.2) is 23.2 Å². The third-order valence-electron chi connectivity index (χ3n) is 3.18. The van der Waals surface area contributed by atoms with Crippen molar-refractivity contribution in [3.8, 4) is 0 Å². The minimum absolute atomic E-state index is 0. The van der Waals surface area contributed by atoms with Gasteiger partial charge in [-0.15, -0.1) is 24.0 Å². The Kier molecular flexibility index (Phi) is 10.4. The van der Waals surface area contributed by atoms with Crippen molar-refractivity contribution in [2.45, 2.75) is 46.2 Å². The van der Waals surface area contributed by atoms with Crippen LogP contribution in [0.1, 0.15) is 46.2 Å². The molecular formula is C17H29F2IN4. The van der Waals surface area contributed by atoms with E-state index < -0.39 is 11.6 Å². The lowest BCUT2D eigenvalue weighted by atomic mass is 10.1. The van der Waals surface area contributed by atoms with E-state index in [2.05, 4.69) is 41.7 Å². The Morgan fingerprint density at radius 2 is 1.88 bits per heavy atom. The molecule has 7 heteroatoms. The van der Waals surface area contributed by atoms with Crippen LogP contribution >= 0.6 is 24.0 Å². The maximum Gasteiger partial charge on any atom is 0.191 e. The minimum Gasteiger partial charge on any atom is -0.357 e. The van der Waals surface area contributed by atoms with Crippen LogP contribution in [-0.2, 0) is 0 Å². The lowest BCUT2D eigenvalue weighted by molar-refractivity contribution is 0.432. The van der Waals surface area contributed by atoms with E-state index in [1.165, 1.54) is 6.07 Å². The van der Waals surface area contributed by atoms with Crippen LogP contribution in [0.5, 0.6) is 0 Å². The summed E-state index contributed by atoms with van der Waals surface area (Å²) in [7, 11) is 0. The normalized spacial score (nSPS) is 13.2. The minimum atomic E-state index is -0.840. The summed E-state index contributed by atoms with van der Waals surface area (Å²) in [5.74, 6) is -1.03. The summed E-state index contributed by atoms with van der Waals surface area (Å²) in [5, 5.41) is 9.71. The van der Waals surface area contributed by atoms with E-state index in [-0.39, 0.29) is 35.6 Å². The maximum absolute atomic E-state index is 13.3. The van der Waals surface area contributed by atoms with Gasteiger partial charge in [0.25, 0.3) is 0 Å². The van der Waals surface area contributed by atoms with Crippen molar-refractivity contribution in [3.05, 3.63) is 35.4 Å². The van der Waals surface area contributed by atoms with Crippen LogP contribution in [-0.4, -0.2) is 31.1 Å². The molecule has 0 fully saturated rings. The SMILES string of the molecule is CCNC(=NCCNC(C)(C)C)NC(C)c1ccc(F)c(F)c1.I. The van der Waals surface area contributed by atoms with Crippen LogP contribution in [0.3, 0.4) is 0 Å². The predicted octanol–water partition coefficient (Wildman–Crippen LogP) is 3.59. The maximum atomic E-state index is 13.3. The summed E-state index contributed by atoms with van der Waals surface area (Å²) in [5.41, 5.74) is 0.725. The first kappa shape index (κ1) is 23.0. The molecule has 0 radical (unpaired) electrons. The lowest BCUT2D eigenvalue weighted by Crippen LogP contribution is -2.40. The Balaban J connectivity index is 0.00000529. The van der Waals surface area contributed by atoms with E-state index in [4.69, 9.17) is 0 Å². The van der Waals surface area contributed by atoms with E-state index in [9.17, 15) is 8.78 Å². The highest BCUT2D eigenvalue weighted by atomic mass is 127. The molecule has 0 aliphatic rings. The van der Waals surface area contributed by atoms with E-state index in [0.717, 1.165) is 19.2 Å². The number of hydrogen-bond donors (Lipinski definition) is 3. The Bertz CT molecular complexity index is 530. The molecule has 1 aromatic rings. The van der Waals surface area contributed by atoms with Gasteiger partial charge in [0.1, 0.15) is 0 Å². The van der Waals surface area contributed by atoms with Crippen LogP contribution < -0.4 is 16.0 Å². The summed E-state index contributed by atoms with van der Waals surface area (Å²) in [6.45, 7) is 12.3. The molecule has 0 aromatic heterocycles. The highest BCUT2D eigenvalue weighted by molar-refractivity contribution is 14.0. The average molecular weight is 454 g/mol. The van der Waals surface area contributed by atoms with E-state index in [0.29, 0.717) is 18.1 Å². The first-order valence-electron chi connectivity index (χ1n) is 7.97. The molecule has 1 rings (SSSR count). The van der Waals surface area contributed by atoms with Crippen LogP contribution in [0.25, 0.3) is 0 Å². The molecule has 1 unspecified atom stereocenters. The van der Waals surface area contributed by atoms with Gasteiger partial charge in [0.15, 0.2) is 17.6 Å². The van der Waals surface area contributed by atoms with E-state index in [1.54, 1.807) is 6.07 Å². The molecule has 1 atom stereocenters. The third-order valence-corrected chi connectivity index (χ3v) is 3.18. The van der Waals surface area contributed by atoms with Crippen molar-refractivity contribution < 1.29 is 8.78 Å². The van der Waals surface area contributed by atoms with Crippen molar-refractivity contribution in [3.63, 3.8) is 0 Å². The summed E-state index contributed by atoms with van der Waals surface area (Å²) >= 11 is 0. The molecule has 3 N–H and O–H groups in total. The van der Waals surface area contributed by atoms with Crippen LogP contribution in [0.4, 0.5) is 8.78 Å². The molecule has 0 heterocycles. The first-order valence-corrected chi connectivity index (χ1v) is 7.97. The number of halogens is 3. The summed E-state index contributed by atoms with van der Waals surface area (Å²) in [4.78, 5) is 4.49. The summed E-state index contributed by atoms with van der Waals surface area (Å²) in [6, 6.07) is 3.73. The van der Waals surface area contributed by atoms with Gasteiger partial charge in [-0.3, -0.25) is 4.99 Å². The summed E-state index contributed by atoms with van der Waals surface area (Å²) in [6.07, 6.45) is 0. The van der Waals surface area contributed by atoms with Gasteiger partial charge in [0, 0.05) is 18.6 Å².